The van der Waals surface area contributed by atoms with Gasteiger partial charge >= 0.3 is 0 Å². The second kappa shape index (κ2) is 12.7. The Morgan fingerprint density at radius 3 is 2.61 bits per heavy atom. The first-order valence-electron chi connectivity index (χ1n) is 7.29. The summed E-state index contributed by atoms with van der Waals surface area (Å²) >= 11 is 0. The number of nitrogens with one attached hydrogen (secondary N) is 2. The molecule has 0 rings (SSSR count). The number of guanidine groups is 1. The highest BCUT2D eigenvalue weighted by molar-refractivity contribution is 5.79. The van der Waals surface area contributed by atoms with Gasteiger partial charge in [-0.15, -0.1) is 0 Å². The fourth-order valence-corrected chi connectivity index (χ4v) is 1.73. The molecule has 0 saturated carbocycles. The van der Waals surface area contributed by atoms with Gasteiger partial charge in [0.05, 0.1) is 0 Å². The number of ether oxygens (including phenoxy) is 1. The third kappa shape index (κ3) is 10.4. The van der Waals surface area contributed by atoms with Gasteiger partial charge < -0.3 is 15.4 Å². The fourth-order valence-electron chi connectivity index (χ4n) is 1.73. The van der Waals surface area contributed by atoms with Crippen molar-refractivity contribution in [2.45, 2.75) is 58.9 Å². The van der Waals surface area contributed by atoms with Crippen LogP contribution in [0.4, 0.5) is 0 Å². The number of rotatable bonds is 10. The molecule has 1 atom stereocenters. The van der Waals surface area contributed by atoms with Crippen LogP contribution in [0.1, 0.15) is 52.9 Å². The van der Waals surface area contributed by atoms with Gasteiger partial charge in [0.15, 0.2) is 5.96 Å². The van der Waals surface area contributed by atoms with Crippen LogP contribution in [-0.2, 0) is 4.74 Å². The second-order valence-electron chi connectivity index (χ2n) is 4.59. The Hall–Kier alpha value is -0.770. The lowest BCUT2D eigenvalue weighted by molar-refractivity contribution is 0.145. The highest BCUT2D eigenvalue weighted by Crippen LogP contribution is 2.02. The van der Waals surface area contributed by atoms with E-state index >= 15 is 0 Å². The third-order valence-corrected chi connectivity index (χ3v) is 2.81. The van der Waals surface area contributed by atoms with E-state index in [1.807, 2.05) is 14.0 Å². The average molecular weight is 257 g/mol. The highest BCUT2D eigenvalue weighted by atomic mass is 16.5. The maximum absolute atomic E-state index is 5.30. The molecule has 2 N–H and O–H groups in total. The van der Waals surface area contributed by atoms with Gasteiger partial charge in [0, 0.05) is 32.8 Å². The van der Waals surface area contributed by atoms with Crippen LogP contribution in [0.15, 0.2) is 4.99 Å². The van der Waals surface area contributed by atoms with Gasteiger partial charge in [-0.05, 0) is 26.7 Å². The lowest BCUT2D eigenvalue weighted by atomic mass is 10.1. The molecule has 108 valence electrons. The van der Waals surface area contributed by atoms with Crippen LogP contribution in [0.25, 0.3) is 0 Å². The summed E-state index contributed by atoms with van der Waals surface area (Å²) in [5.74, 6) is 0.899. The highest BCUT2D eigenvalue weighted by Gasteiger charge is 2.04. The van der Waals surface area contributed by atoms with Crippen molar-refractivity contribution in [2.75, 3.05) is 26.8 Å². The molecular weight excluding hydrogens is 226 g/mol. The minimum atomic E-state index is 0.481. The maximum atomic E-state index is 5.30. The van der Waals surface area contributed by atoms with Crippen molar-refractivity contribution in [3.05, 3.63) is 0 Å². The summed E-state index contributed by atoms with van der Waals surface area (Å²) in [5.41, 5.74) is 0. The Morgan fingerprint density at radius 2 is 2.00 bits per heavy atom. The zero-order valence-electron chi connectivity index (χ0n) is 12.6. The Labute approximate surface area is 113 Å². The molecule has 4 nitrogen and oxygen atoms in total. The van der Waals surface area contributed by atoms with E-state index < -0.39 is 0 Å². The van der Waals surface area contributed by atoms with Crippen LogP contribution in [0.3, 0.4) is 0 Å². The lowest BCUT2D eigenvalue weighted by Gasteiger charge is -2.17. The van der Waals surface area contributed by atoms with Crippen LogP contribution < -0.4 is 10.6 Å². The van der Waals surface area contributed by atoms with Crippen molar-refractivity contribution >= 4 is 5.96 Å². The van der Waals surface area contributed by atoms with Gasteiger partial charge in [-0.2, -0.15) is 0 Å². The van der Waals surface area contributed by atoms with E-state index in [1.54, 1.807) is 0 Å². The number of hydrogen-bond donors (Lipinski definition) is 2. The van der Waals surface area contributed by atoms with E-state index in [1.165, 1.54) is 25.7 Å². The van der Waals surface area contributed by atoms with Crippen molar-refractivity contribution in [1.29, 1.82) is 0 Å². The zero-order valence-corrected chi connectivity index (χ0v) is 12.6. The fraction of sp³-hybridized carbons (Fsp3) is 0.929. The smallest absolute Gasteiger partial charge is 0.191 e. The van der Waals surface area contributed by atoms with Gasteiger partial charge in [0.25, 0.3) is 0 Å². The topological polar surface area (TPSA) is 45.7 Å². The summed E-state index contributed by atoms with van der Waals surface area (Å²) in [4.78, 5) is 4.23. The monoisotopic (exact) mass is 257 g/mol. The molecule has 0 aliphatic carbocycles. The van der Waals surface area contributed by atoms with Crippen LogP contribution in [-0.4, -0.2) is 38.8 Å². The SMILES string of the molecule is CCCCCC(C)NC(=NC)NCCCOCC. The third-order valence-electron chi connectivity index (χ3n) is 2.81. The molecule has 0 aromatic carbocycles. The minimum Gasteiger partial charge on any atom is -0.382 e. The summed E-state index contributed by atoms with van der Waals surface area (Å²) < 4.78 is 5.30. The molecular formula is C14H31N3O. The van der Waals surface area contributed by atoms with Gasteiger partial charge in [-0.25, -0.2) is 0 Å². The summed E-state index contributed by atoms with van der Waals surface area (Å²) in [7, 11) is 1.82. The van der Waals surface area contributed by atoms with Crippen LogP contribution in [0, 0.1) is 0 Å². The van der Waals surface area contributed by atoms with E-state index in [2.05, 4.69) is 29.5 Å². The molecule has 1 unspecified atom stereocenters. The van der Waals surface area contributed by atoms with Crippen LogP contribution in [0.5, 0.6) is 0 Å². The van der Waals surface area contributed by atoms with E-state index in [0.717, 1.165) is 32.1 Å². The summed E-state index contributed by atoms with van der Waals surface area (Å²) in [5, 5.41) is 6.72. The van der Waals surface area contributed by atoms with Crippen LogP contribution >= 0.6 is 0 Å². The van der Waals surface area contributed by atoms with Gasteiger partial charge in [0.2, 0.25) is 0 Å². The molecule has 18 heavy (non-hydrogen) atoms. The Morgan fingerprint density at radius 1 is 1.22 bits per heavy atom. The normalized spacial score (nSPS) is 13.4. The molecule has 0 bridgehead atoms. The van der Waals surface area contributed by atoms with E-state index in [-0.39, 0.29) is 0 Å². The van der Waals surface area contributed by atoms with Crippen LogP contribution in [0.2, 0.25) is 0 Å². The predicted octanol–water partition coefficient (Wildman–Crippen LogP) is 2.55. The molecule has 0 amide bonds. The van der Waals surface area contributed by atoms with Gasteiger partial charge in [0.1, 0.15) is 0 Å². The Balaban J connectivity index is 3.63. The number of aliphatic imine (C=N–C) groups is 1. The lowest BCUT2D eigenvalue weighted by Crippen LogP contribution is -2.42. The molecule has 0 aromatic heterocycles. The van der Waals surface area contributed by atoms with Crippen molar-refractivity contribution in [3.63, 3.8) is 0 Å². The quantitative estimate of drug-likeness (QED) is 0.359. The van der Waals surface area contributed by atoms with Gasteiger partial charge in [-0.3, -0.25) is 4.99 Å². The summed E-state index contributed by atoms with van der Waals surface area (Å²) in [6.07, 6.45) is 6.09. The molecule has 0 spiro atoms. The first-order chi connectivity index (χ1) is 8.74. The van der Waals surface area contributed by atoms with Crippen molar-refractivity contribution in [2.24, 2.45) is 4.99 Å². The van der Waals surface area contributed by atoms with Gasteiger partial charge in [-0.1, -0.05) is 26.2 Å². The molecule has 0 saturated heterocycles. The summed E-state index contributed by atoms with van der Waals surface area (Å²) in [6.45, 7) is 8.97. The second-order valence-corrected chi connectivity index (χ2v) is 4.59. The number of nitrogens with zero attached hydrogens (tertiary/aromatic N) is 1. The van der Waals surface area contributed by atoms with Crippen molar-refractivity contribution in [3.8, 4) is 0 Å². The minimum absolute atomic E-state index is 0.481. The van der Waals surface area contributed by atoms with E-state index in [0.29, 0.717) is 6.04 Å². The molecule has 0 radical (unpaired) electrons. The number of unbranched alkanes of at least 4 members (excludes halogenated alkanes) is 2. The van der Waals surface area contributed by atoms with Crippen molar-refractivity contribution in [1.82, 2.24) is 10.6 Å². The van der Waals surface area contributed by atoms with E-state index in [9.17, 15) is 0 Å². The maximum Gasteiger partial charge on any atom is 0.191 e. The molecule has 0 fully saturated rings. The zero-order chi connectivity index (χ0) is 13.6. The molecule has 4 heteroatoms. The molecule has 0 aliphatic heterocycles. The Bertz CT molecular complexity index is 207. The molecule has 0 aromatic rings. The predicted molar refractivity (Wildman–Crippen MR) is 79.2 cm³/mol. The Kier molecular flexibility index (Phi) is 12.1. The molecule has 0 heterocycles. The largest absolute Gasteiger partial charge is 0.382 e. The van der Waals surface area contributed by atoms with E-state index in [4.69, 9.17) is 4.74 Å². The standard InChI is InChI=1S/C14H31N3O/c1-5-7-8-10-13(3)17-14(15-4)16-11-9-12-18-6-2/h13H,5-12H2,1-4H3,(H2,15,16,17). The summed E-state index contributed by atoms with van der Waals surface area (Å²) in [6, 6.07) is 0.481. The average Bonchev–Trinajstić information content (AvgIpc) is 2.37. The molecule has 0 aliphatic rings. The van der Waals surface area contributed by atoms with Crippen molar-refractivity contribution < 1.29 is 4.74 Å². The first-order valence-corrected chi connectivity index (χ1v) is 7.29. The number of hydrogen-bond acceptors (Lipinski definition) is 2. The first kappa shape index (κ1) is 17.2.